The van der Waals surface area contributed by atoms with Crippen molar-refractivity contribution in [3.8, 4) is 0 Å². The summed E-state index contributed by atoms with van der Waals surface area (Å²) in [7, 11) is 1.30. The van der Waals surface area contributed by atoms with Crippen LogP contribution in [0.25, 0.3) is 6.08 Å². The molecule has 0 aliphatic heterocycles. The molecule has 5 nitrogen and oxygen atoms in total. The van der Waals surface area contributed by atoms with Crippen molar-refractivity contribution >= 4 is 29.3 Å². The van der Waals surface area contributed by atoms with Crippen molar-refractivity contribution in [2.24, 2.45) is 0 Å². The lowest BCUT2D eigenvalue weighted by atomic mass is 10.1. The third kappa shape index (κ3) is 3.85. The molecule has 0 bridgehead atoms. The predicted octanol–water partition coefficient (Wildman–Crippen LogP) is 3.21. The van der Waals surface area contributed by atoms with Gasteiger partial charge in [-0.3, -0.25) is 14.9 Å². The van der Waals surface area contributed by atoms with Gasteiger partial charge in [-0.2, -0.15) is 0 Å². The molecule has 0 aliphatic rings. The normalized spacial score (nSPS) is 11.2. The summed E-state index contributed by atoms with van der Waals surface area (Å²) in [5, 5.41) is 11.0. The van der Waals surface area contributed by atoms with Gasteiger partial charge in [0, 0.05) is 17.2 Å². The maximum Gasteiger partial charge on any atom is 0.309 e. The molecule has 0 saturated heterocycles. The monoisotopic (exact) mass is 269 g/mol. The smallest absolute Gasteiger partial charge is 0.309 e. The number of carbonyl (C=O) groups excluding carboxylic acids is 1. The van der Waals surface area contributed by atoms with Crippen LogP contribution in [0.15, 0.2) is 23.8 Å². The number of halogens is 1. The summed E-state index contributed by atoms with van der Waals surface area (Å²) in [6.45, 7) is 1.73. The minimum atomic E-state index is -0.497. The molecule has 0 fully saturated rings. The zero-order valence-electron chi connectivity index (χ0n) is 9.97. The van der Waals surface area contributed by atoms with Crippen molar-refractivity contribution in [2.75, 3.05) is 7.11 Å². The van der Waals surface area contributed by atoms with Crippen LogP contribution in [0.2, 0.25) is 5.02 Å². The Hall–Kier alpha value is -1.88. The van der Waals surface area contributed by atoms with E-state index >= 15 is 0 Å². The van der Waals surface area contributed by atoms with Crippen LogP contribution in [0.4, 0.5) is 5.69 Å². The number of carbonyl (C=O) groups is 1. The van der Waals surface area contributed by atoms with Crippen LogP contribution in [0.5, 0.6) is 0 Å². The largest absolute Gasteiger partial charge is 0.469 e. The van der Waals surface area contributed by atoms with Crippen molar-refractivity contribution < 1.29 is 14.5 Å². The quantitative estimate of drug-likeness (QED) is 0.478. The predicted molar refractivity (Wildman–Crippen MR) is 68.4 cm³/mol. The molecule has 1 aromatic rings. The second-order valence-corrected chi connectivity index (χ2v) is 4.11. The van der Waals surface area contributed by atoms with Crippen LogP contribution in [0, 0.1) is 10.1 Å². The zero-order valence-corrected chi connectivity index (χ0v) is 10.7. The lowest BCUT2D eigenvalue weighted by molar-refractivity contribution is -0.384. The summed E-state index contributed by atoms with van der Waals surface area (Å²) in [5.74, 6) is -0.370. The van der Waals surface area contributed by atoms with Crippen LogP contribution in [-0.4, -0.2) is 18.0 Å². The number of esters is 1. The highest BCUT2D eigenvalue weighted by atomic mass is 35.5. The number of benzene rings is 1. The van der Waals surface area contributed by atoms with Gasteiger partial charge in [-0.15, -0.1) is 0 Å². The van der Waals surface area contributed by atoms with Crippen molar-refractivity contribution in [3.05, 3.63) is 44.5 Å². The molecule has 1 rings (SSSR count). The summed E-state index contributed by atoms with van der Waals surface area (Å²) in [6, 6.07) is 4.15. The Kier molecular flexibility index (Phi) is 4.85. The third-order valence-corrected chi connectivity index (χ3v) is 2.59. The molecule has 6 heteroatoms. The maximum atomic E-state index is 11.1. The standard InChI is InChI=1S/C12H12ClNO4/c1-8(6-12(15)18-2)5-9-7-10(14(16)17)3-4-11(9)13/h3-5,7H,6H2,1-2H3/b8-5+. The highest BCUT2D eigenvalue weighted by Gasteiger charge is 2.09. The summed E-state index contributed by atoms with van der Waals surface area (Å²) in [6.07, 6.45) is 1.75. The van der Waals surface area contributed by atoms with Crippen molar-refractivity contribution in [2.45, 2.75) is 13.3 Å². The number of nitro groups is 1. The lowest BCUT2D eigenvalue weighted by Gasteiger charge is -2.02. The van der Waals surface area contributed by atoms with Crippen LogP contribution >= 0.6 is 11.6 Å². The van der Waals surface area contributed by atoms with Gasteiger partial charge in [0.15, 0.2) is 0 Å². The molecule has 0 radical (unpaired) electrons. The number of hydrogen-bond donors (Lipinski definition) is 0. The first-order valence-electron chi connectivity index (χ1n) is 5.12. The molecule has 0 atom stereocenters. The second-order valence-electron chi connectivity index (χ2n) is 3.71. The molecule has 1 aromatic carbocycles. The van der Waals surface area contributed by atoms with Gasteiger partial charge in [-0.25, -0.2) is 0 Å². The van der Waals surface area contributed by atoms with Gasteiger partial charge >= 0.3 is 5.97 Å². The third-order valence-electron chi connectivity index (χ3n) is 2.24. The molecule has 0 amide bonds. The zero-order chi connectivity index (χ0) is 13.7. The van der Waals surface area contributed by atoms with E-state index in [-0.39, 0.29) is 18.1 Å². The highest BCUT2D eigenvalue weighted by molar-refractivity contribution is 6.32. The molecule has 18 heavy (non-hydrogen) atoms. The summed E-state index contributed by atoms with van der Waals surface area (Å²) >= 11 is 5.93. The molecule has 0 spiro atoms. The van der Waals surface area contributed by atoms with E-state index < -0.39 is 4.92 Å². The Morgan fingerprint density at radius 1 is 1.56 bits per heavy atom. The SMILES string of the molecule is COC(=O)C/C(C)=C/c1cc([N+](=O)[O-])ccc1Cl. The Morgan fingerprint density at radius 2 is 2.22 bits per heavy atom. The molecular formula is C12H12ClNO4. The van der Waals surface area contributed by atoms with Crippen LogP contribution in [-0.2, 0) is 9.53 Å². The number of methoxy groups -OCH3 is 1. The molecule has 0 unspecified atom stereocenters. The number of hydrogen-bond acceptors (Lipinski definition) is 4. The summed E-state index contributed by atoms with van der Waals surface area (Å²) in [5.41, 5.74) is 1.17. The minimum Gasteiger partial charge on any atom is -0.469 e. The number of nitrogens with zero attached hydrogens (tertiary/aromatic N) is 1. The van der Waals surface area contributed by atoms with Gasteiger partial charge in [0.05, 0.1) is 18.5 Å². The van der Waals surface area contributed by atoms with Gasteiger partial charge in [-0.05, 0) is 18.6 Å². The van der Waals surface area contributed by atoms with Gasteiger partial charge in [-0.1, -0.05) is 23.3 Å². The summed E-state index contributed by atoms with van der Waals surface area (Å²) < 4.78 is 4.53. The Morgan fingerprint density at radius 3 is 2.78 bits per heavy atom. The molecule has 0 saturated carbocycles. The molecule has 96 valence electrons. The summed E-state index contributed by atoms with van der Waals surface area (Å²) in [4.78, 5) is 21.2. The van der Waals surface area contributed by atoms with Crippen molar-refractivity contribution in [3.63, 3.8) is 0 Å². The average Bonchev–Trinajstić information content (AvgIpc) is 2.31. The molecule has 0 aliphatic carbocycles. The van der Waals surface area contributed by atoms with E-state index in [1.807, 2.05) is 0 Å². The first-order valence-corrected chi connectivity index (χ1v) is 5.49. The van der Waals surface area contributed by atoms with E-state index in [4.69, 9.17) is 11.6 Å². The van der Waals surface area contributed by atoms with E-state index in [0.717, 1.165) is 0 Å². The van der Waals surface area contributed by atoms with E-state index in [2.05, 4.69) is 4.74 Å². The maximum absolute atomic E-state index is 11.1. The van der Waals surface area contributed by atoms with Crippen LogP contribution in [0.1, 0.15) is 18.9 Å². The second kappa shape index (κ2) is 6.16. The van der Waals surface area contributed by atoms with E-state index in [1.54, 1.807) is 13.0 Å². The van der Waals surface area contributed by atoms with Crippen LogP contribution in [0.3, 0.4) is 0 Å². The highest BCUT2D eigenvalue weighted by Crippen LogP contribution is 2.24. The number of non-ortho nitro benzene ring substituents is 1. The Labute approximate surface area is 109 Å². The van der Waals surface area contributed by atoms with Gasteiger partial charge < -0.3 is 4.74 Å². The van der Waals surface area contributed by atoms with Crippen LogP contribution < -0.4 is 0 Å². The minimum absolute atomic E-state index is 0.0449. The fourth-order valence-corrected chi connectivity index (χ4v) is 1.54. The van der Waals surface area contributed by atoms with E-state index in [0.29, 0.717) is 16.2 Å². The molecule has 0 heterocycles. The number of rotatable bonds is 4. The number of nitro benzene ring substituents is 1. The van der Waals surface area contributed by atoms with Gasteiger partial charge in [0.1, 0.15) is 0 Å². The average molecular weight is 270 g/mol. The van der Waals surface area contributed by atoms with Gasteiger partial charge in [0.25, 0.3) is 5.69 Å². The van der Waals surface area contributed by atoms with E-state index in [9.17, 15) is 14.9 Å². The first-order chi connectivity index (χ1) is 8.43. The molecular weight excluding hydrogens is 258 g/mol. The van der Waals surface area contributed by atoms with E-state index in [1.165, 1.54) is 25.3 Å². The first kappa shape index (κ1) is 14.2. The lowest BCUT2D eigenvalue weighted by Crippen LogP contribution is -2.00. The Balaban J connectivity index is 3.02. The molecule has 0 aromatic heterocycles. The Bertz CT molecular complexity index is 511. The van der Waals surface area contributed by atoms with Gasteiger partial charge in [0.2, 0.25) is 0 Å². The molecule has 0 N–H and O–H groups in total. The fraction of sp³-hybridized carbons (Fsp3) is 0.250. The van der Waals surface area contributed by atoms with Crippen molar-refractivity contribution in [1.82, 2.24) is 0 Å². The topological polar surface area (TPSA) is 69.4 Å². The number of ether oxygens (including phenoxy) is 1. The van der Waals surface area contributed by atoms with Crippen molar-refractivity contribution in [1.29, 1.82) is 0 Å². The fourth-order valence-electron chi connectivity index (χ4n) is 1.37.